The number of benzene rings is 1. The summed E-state index contributed by atoms with van der Waals surface area (Å²) in [5, 5.41) is 3.82. The first-order chi connectivity index (χ1) is 12.9. The number of nitrogens with zero attached hydrogens (tertiary/aromatic N) is 2. The van der Waals surface area contributed by atoms with Gasteiger partial charge in [0.2, 0.25) is 0 Å². The van der Waals surface area contributed by atoms with Gasteiger partial charge in [0.15, 0.2) is 0 Å². The van der Waals surface area contributed by atoms with Gasteiger partial charge >= 0.3 is 22.1 Å². The normalized spacial score (nSPS) is 17.3. The van der Waals surface area contributed by atoms with Gasteiger partial charge in [-0.15, -0.1) is 11.3 Å². The lowest BCUT2D eigenvalue weighted by Crippen LogP contribution is -2.42. The van der Waals surface area contributed by atoms with Crippen LogP contribution >= 0.6 is 11.3 Å². The number of carbonyl (C=O) groups is 2. The van der Waals surface area contributed by atoms with Crippen molar-refractivity contribution in [1.82, 2.24) is 4.98 Å². The molecule has 0 radical (unpaired) electrons. The molecule has 2 aromatic rings. The molecule has 0 N–H and O–H groups in total. The molecule has 1 aromatic heterocycles. The van der Waals surface area contributed by atoms with Crippen molar-refractivity contribution in [3.8, 4) is 0 Å². The Kier molecular flexibility index (Phi) is 4.98. The van der Waals surface area contributed by atoms with Crippen molar-refractivity contribution in [2.24, 2.45) is 5.16 Å². The van der Waals surface area contributed by atoms with Crippen LogP contribution in [0.1, 0.15) is 24.4 Å². The summed E-state index contributed by atoms with van der Waals surface area (Å²) in [7, 11) is -3.92. The maximum atomic E-state index is 12.2. The Balaban J connectivity index is 2.09. The summed E-state index contributed by atoms with van der Waals surface area (Å²) in [6.45, 7) is 4.74. The van der Waals surface area contributed by atoms with Gasteiger partial charge in [-0.1, -0.05) is 11.2 Å². The molecule has 28 heavy (non-hydrogen) atoms. The topological polar surface area (TPSA) is 121 Å². The van der Waals surface area contributed by atoms with Gasteiger partial charge in [0.1, 0.15) is 16.3 Å². The highest BCUT2D eigenvalue weighted by molar-refractivity contribution is 7.85. The Hall–Kier alpha value is -2.79. The molecular formula is C17H16N2O7S2. The SMILES string of the molecule is Cc1ccc2nc(C(C=C3C(=O)OC(C)(C)OC3=O)=NOS(C)(=O)=O)sc2c1. The molecule has 1 aromatic carbocycles. The fourth-order valence-corrected chi connectivity index (χ4v) is 3.52. The lowest BCUT2D eigenvalue weighted by atomic mass is 10.1. The summed E-state index contributed by atoms with van der Waals surface area (Å²) in [5.74, 6) is -3.25. The molecule has 0 aliphatic carbocycles. The second kappa shape index (κ2) is 6.99. The molecule has 148 valence electrons. The lowest BCUT2D eigenvalue weighted by Gasteiger charge is -2.29. The van der Waals surface area contributed by atoms with E-state index in [1.807, 2.05) is 19.1 Å². The van der Waals surface area contributed by atoms with Crippen LogP contribution in [0.4, 0.5) is 0 Å². The number of carbonyl (C=O) groups excluding carboxylic acids is 2. The molecule has 1 aliphatic rings. The van der Waals surface area contributed by atoms with E-state index in [0.29, 0.717) is 5.52 Å². The maximum Gasteiger partial charge on any atom is 0.348 e. The molecule has 0 bridgehead atoms. The Labute approximate surface area is 164 Å². The number of aryl methyl sites for hydroxylation is 1. The summed E-state index contributed by atoms with van der Waals surface area (Å²) in [4.78, 5) is 28.7. The van der Waals surface area contributed by atoms with Crippen LogP contribution < -0.4 is 0 Å². The van der Waals surface area contributed by atoms with Crippen molar-refractivity contribution in [3.63, 3.8) is 0 Å². The Bertz CT molecular complexity index is 1120. The van der Waals surface area contributed by atoms with Crippen LogP contribution in [0, 0.1) is 6.92 Å². The van der Waals surface area contributed by atoms with Gasteiger partial charge in [-0.2, -0.15) is 8.42 Å². The minimum absolute atomic E-state index is 0.132. The summed E-state index contributed by atoms with van der Waals surface area (Å²) >= 11 is 1.20. The minimum atomic E-state index is -3.92. The summed E-state index contributed by atoms with van der Waals surface area (Å²) in [5.41, 5.74) is 1.07. The van der Waals surface area contributed by atoms with E-state index in [1.54, 1.807) is 6.07 Å². The molecule has 2 heterocycles. The van der Waals surface area contributed by atoms with Crippen molar-refractivity contribution in [3.05, 3.63) is 40.4 Å². The zero-order valence-corrected chi connectivity index (χ0v) is 17.0. The van der Waals surface area contributed by atoms with E-state index in [9.17, 15) is 18.0 Å². The molecule has 0 amide bonds. The second-order valence-electron chi connectivity index (χ2n) is 6.48. The number of rotatable bonds is 4. The van der Waals surface area contributed by atoms with Crippen LogP contribution in [0.3, 0.4) is 0 Å². The molecule has 9 nitrogen and oxygen atoms in total. The van der Waals surface area contributed by atoms with E-state index < -0.39 is 33.4 Å². The van der Waals surface area contributed by atoms with E-state index in [1.165, 1.54) is 25.2 Å². The molecule has 1 saturated heterocycles. The van der Waals surface area contributed by atoms with Crippen LogP contribution in [-0.2, 0) is 33.5 Å². The number of hydrogen-bond donors (Lipinski definition) is 0. The second-order valence-corrected chi connectivity index (χ2v) is 9.07. The quantitative estimate of drug-likeness (QED) is 0.240. The van der Waals surface area contributed by atoms with Gasteiger partial charge in [-0.05, 0) is 30.7 Å². The van der Waals surface area contributed by atoms with Crippen LogP contribution in [0.5, 0.6) is 0 Å². The number of esters is 2. The van der Waals surface area contributed by atoms with Crippen LogP contribution in [0.2, 0.25) is 0 Å². The first-order valence-electron chi connectivity index (χ1n) is 7.96. The third-order valence-electron chi connectivity index (χ3n) is 3.43. The van der Waals surface area contributed by atoms with E-state index in [4.69, 9.17) is 9.47 Å². The average Bonchev–Trinajstić information content (AvgIpc) is 2.94. The lowest BCUT2D eigenvalue weighted by molar-refractivity contribution is -0.222. The monoisotopic (exact) mass is 424 g/mol. The van der Waals surface area contributed by atoms with Crippen LogP contribution in [0.25, 0.3) is 10.2 Å². The van der Waals surface area contributed by atoms with Gasteiger partial charge in [0, 0.05) is 13.8 Å². The number of aromatic nitrogens is 1. The number of cyclic esters (lactones) is 2. The van der Waals surface area contributed by atoms with Crippen molar-refractivity contribution < 1.29 is 31.8 Å². The summed E-state index contributed by atoms with van der Waals surface area (Å²) in [6, 6.07) is 5.55. The molecule has 1 aliphatic heterocycles. The van der Waals surface area contributed by atoms with Crippen molar-refractivity contribution in [1.29, 1.82) is 0 Å². The van der Waals surface area contributed by atoms with Crippen molar-refractivity contribution in [2.45, 2.75) is 26.6 Å². The predicted octanol–water partition coefficient (Wildman–Crippen LogP) is 2.05. The average molecular weight is 424 g/mol. The third-order valence-corrected chi connectivity index (χ3v) is 4.82. The Morgan fingerprint density at radius 1 is 1.25 bits per heavy atom. The fraction of sp³-hybridized carbons (Fsp3) is 0.294. The van der Waals surface area contributed by atoms with E-state index in [-0.39, 0.29) is 10.7 Å². The van der Waals surface area contributed by atoms with Crippen LogP contribution in [0.15, 0.2) is 35.0 Å². The van der Waals surface area contributed by atoms with Crippen LogP contribution in [-0.4, -0.2) is 43.1 Å². The number of oxime groups is 1. The fourth-order valence-electron chi connectivity index (χ4n) is 2.29. The number of thiazole rings is 1. The minimum Gasteiger partial charge on any atom is -0.419 e. The van der Waals surface area contributed by atoms with Crippen molar-refractivity contribution >= 4 is 49.3 Å². The molecule has 0 unspecified atom stereocenters. The standard InChI is InChI=1S/C17H16N2O7S2/c1-9-5-6-11-13(7-9)27-14(18-11)12(19-26-28(4,22)23)8-10-15(20)24-17(2,3)25-16(10)21/h5-8H,1-4H3. The third kappa shape index (κ3) is 4.54. The summed E-state index contributed by atoms with van der Waals surface area (Å²) < 4.78 is 38.1. The molecule has 11 heteroatoms. The Morgan fingerprint density at radius 2 is 1.89 bits per heavy atom. The largest absolute Gasteiger partial charge is 0.419 e. The first-order valence-corrected chi connectivity index (χ1v) is 10.6. The number of allylic oxidation sites excluding steroid dienone is 1. The van der Waals surface area contributed by atoms with Gasteiger partial charge in [0.25, 0.3) is 5.79 Å². The number of hydrogen-bond acceptors (Lipinski definition) is 10. The zero-order valence-electron chi connectivity index (χ0n) is 15.4. The van der Waals surface area contributed by atoms with E-state index in [0.717, 1.165) is 22.6 Å². The van der Waals surface area contributed by atoms with Gasteiger partial charge in [-0.3, -0.25) is 4.28 Å². The maximum absolute atomic E-state index is 12.2. The number of fused-ring (bicyclic) bond motifs is 1. The van der Waals surface area contributed by atoms with Crippen molar-refractivity contribution in [2.75, 3.05) is 6.26 Å². The molecule has 1 fully saturated rings. The first kappa shape index (κ1) is 20.0. The summed E-state index contributed by atoms with van der Waals surface area (Å²) in [6.07, 6.45) is 1.85. The van der Waals surface area contributed by atoms with Gasteiger partial charge in [0.05, 0.1) is 16.5 Å². The van der Waals surface area contributed by atoms with Gasteiger partial charge < -0.3 is 9.47 Å². The number of ether oxygens (including phenoxy) is 2. The van der Waals surface area contributed by atoms with Gasteiger partial charge in [-0.25, -0.2) is 14.6 Å². The van der Waals surface area contributed by atoms with E-state index >= 15 is 0 Å². The molecule has 0 spiro atoms. The zero-order chi connectivity index (χ0) is 20.7. The predicted molar refractivity (Wildman–Crippen MR) is 101 cm³/mol. The Morgan fingerprint density at radius 3 is 2.50 bits per heavy atom. The smallest absolute Gasteiger partial charge is 0.348 e. The molecule has 0 atom stereocenters. The molecule has 3 rings (SSSR count). The van der Waals surface area contributed by atoms with E-state index in [2.05, 4.69) is 14.4 Å². The highest BCUT2D eigenvalue weighted by Gasteiger charge is 2.39. The molecular weight excluding hydrogens is 408 g/mol. The highest BCUT2D eigenvalue weighted by Crippen LogP contribution is 2.26. The highest BCUT2D eigenvalue weighted by atomic mass is 32.2. The molecule has 0 saturated carbocycles.